The Balaban J connectivity index is 1.37. The lowest BCUT2D eigenvalue weighted by Crippen LogP contribution is -2.37. The number of aliphatic hydroxyl groups is 1. The molecule has 2 heterocycles. The molecule has 1 atom stereocenters. The van der Waals surface area contributed by atoms with E-state index in [1.54, 1.807) is 49.4 Å². The highest BCUT2D eigenvalue weighted by molar-refractivity contribution is 7.92. The van der Waals surface area contributed by atoms with Gasteiger partial charge in [-0.05, 0) is 85.6 Å². The molecular weight excluding hydrogens is 809 g/mol. The van der Waals surface area contributed by atoms with Crippen LogP contribution in [0, 0.1) is 18.6 Å². The van der Waals surface area contributed by atoms with Gasteiger partial charge >= 0.3 is 0 Å². The number of carbonyl (C=O) groups excluding carboxylic acids is 1. The Hall–Kier alpha value is -6.14. The fourth-order valence-electron chi connectivity index (χ4n) is 6.56. The molecule has 59 heavy (non-hydrogen) atoms. The normalized spacial score (nSPS) is 12.5. The van der Waals surface area contributed by atoms with Gasteiger partial charge < -0.3 is 24.0 Å². The third-order valence-electron chi connectivity index (χ3n) is 9.52. The summed E-state index contributed by atoms with van der Waals surface area (Å²) in [5.74, 6) is -1.33. The number of rotatable bonds is 14. The van der Waals surface area contributed by atoms with E-state index in [0.717, 1.165) is 16.1 Å². The molecule has 5 aromatic carbocycles. The van der Waals surface area contributed by atoms with Gasteiger partial charge in [0.2, 0.25) is 15.9 Å². The predicted molar refractivity (Wildman–Crippen MR) is 217 cm³/mol. The number of furan rings is 1. The summed E-state index contributed by atoms with van der Waals surface area (Å²) in [6.45, 7) is 0.768. The first kappa shape index (κ1) is 41.0. The number of nitrogens with one attached hydrogen (secondary N) is 1. The number of para-hydroxylation sites is 1. The second-order valence-electron chi connectivity index (χ2n) is 13.6. The Morgan fingerprint density at radius 2 is 1.61 bits per heavy atom. The number of sulfonamides is 1. The second-order valence-corrected chi connectivity index (χ2v) is 17.1. The molecule has 13 nitrogen and oxygen atoms in total. The van der Waals surface area contributed by atoms with Crippen LogP contribution < -0.4 is 14.4 Å². The van der Waals surface area contributed by atoms with E-state index in [1.165, 1.54) is 68.8 Å². The van der Waals surface area contributed by atoms with Gasteiger partial charge in [0.25, 0.3) is 16.0 Å². The van der Waals surface area contributed by atoms with Gasteiger partial charge in [0, 0.05) is 29.6 Å². The lowest BCUT2D eigenvalue weighted by Gasteiger charge is -2.27. The molecule has 0 aliphatic carbocycles. The molecule has 0 fully saturated rings. The van der Waals surface area contributed by atoms with E-state index in [4.69, 9.17) is 17.8 Å². The van der Waals surface area contributed by atoms with Crippen LogP contribution in [0.1, 0.15) is 22.3 Å². The SMILES string of the molecule is CNC(=O)c1c(-c2ccc(F)cc2)oc2cc(N(CC(O)CCOS(=O)(=O)c3ccc(C)cc3)S(C)(=O)=O)c(-c3ccc(OC)c(-c4nc5c(F)cccc5o4)c3)cc12. The topological polar surface area (TPSA) is 178 Å². The van der Waals surface area contributed by atoms with Crippen molar-refractivity contribution in [2.75, 3.05) is 37.9 Å². The second kappa shape index (κ2) is 16.2. The van der Waals surface area contributed by atoms with E-state index < -0.39 is 56.9 Å². The van der Waals surface area contributed by atoms with Crippen molar-refractivity contribution in [1.29, 1.82) is 0 Å². The minimum absolute atomic E-state index is 0.00429. The molecule has 0 radical (unpaired) electrons. The molecule has 0 spiro atoms. The molecule has 7 aromatic rings. The fraction of sp³-hybridized carbons (Fsp3) is 0.190. The average molecular weight is 846 g/mol. The van der Waals surface area contributed by atoms with Crippen LogP contribution in [0.5, 0.6) is 5.75 Å². The van der Waals surface area contributed by atoms with Gasteiger partial charge in [-0.2, -0.15) is 8.42 Å². The van der Waals surface area contributed by atoms with Crippen molar-refractivity contribution in [3.63, 3.8) is 0 Å². The maximum atomic E-state index is 14.7. The minimum atomic E-state index is -4.24. The largest absolute Gasteiger partial charge is 0.496 e. The fourth-order valence-corrected chi connectivity index (χ4v) is 8.43. The molecule has 2 aromatic heterocycles. The number of carbonyl (C=O) groups is 1. The number of benzene rings is 5. The summed E-state index contributed by atoms with van der Waals surface area (Å²) in [7, 11) is -5.58. The summed E-state index contributed by atoms with van der Waals surface area (Å²) in [6.07, 6.45) is -0.804. The highest BCUT2D eigenvalue weighted by Gasteiger charge is 2.30. The molecule has 17 heteroatoms. The summed E-state index contributed by atoms with van der Waals surface area (Å²) in [5.41, 5.74) is 2.33. The van der Waals surface area contributed by atoms with E-state index >= 15 is 0 Å². The third kappa shape index (κ3) is 8.40. The Morgan fingerprint density at radius 1 is 0.898 bits per heavy atom. The van der Waals surface area contributed by atoms with Crippen molar-refractivity contribution in [3.8, 4) is 39.7 Å². The van der Waals surface area contributed by atoms with Gasteiger partial charge in [-0.25, -0.2) is 22.2 Å². The number of halogens is 2. The van der Waals surface area contributed by atoms with Gasteiger partial charge in [-0.1, -0.05) is 29.8 Å². The van der Waals surface area contributed by atoms with Gasteiger partial charge in [-0.3, -0.25) is 13.3 Å². The highest BCUT2D eigenvalue weighted by Crippen LogP contribution is 2.44. The molecule has 0 bridgehead atoms. The van der Waals surface area contributed by atoms with Crippen molar-refractivity contribution in [2.45, 2.75) is 24.3 Å². The van der Waals surface area contributed by atoms with Crippen LogP contribution in [0.25, 0.3) is 56.0 Å². The van der Waals surface area contributed by atoms with Crippen LogP contribution in [0.15, 0.2) is 111 Å². The molecule has 306 valence electrons. The zero-order valence-electron chi connectivity index (χ0n) is 32.0. The van der Waals surface area contributed by atoms with Crippen LogP contribution in [-0.2, 0) is 24.3 Å². The number of hydrogen-bond donors (Lipinski definition) is 2. The zero-order valence-corrected chi connectivity index (χ0v) is 33.7. The monoisotopic (exact) mass is 845 g/mol. The van der Waals surface area contributed by atoms with Crippen molar-refractivity contribution >= 4 is 53.8 Å². The minimum Gasteiger partial charge on any atom is -0.496 e. The number of aliphatic hydroxyl groups excluding tert-OH is 1. The number of aryl methyl sites for hydroxylation is 1. The first-order chi connectivity index (χ1) is 28.1. The van der Waals surface area contributed by atoms with Crippen molar-refractivity contribution in [2.24, 2.45) is 0 Å². The number of oxazole rings is 1. The van der Waals surface area contributed by atoms with Gasteiger partial charge in [0.05, 0.1) is 54.3 Å². The summed E-state index contributed by atoms with van der Waals surface area (Å²) < 4.78 is 106. The first-order valence-electron chi connectivity index (χ1n) is 18.0. The number of methoxy groups -OCH3 is 1. The van der Waals surface area contributed by atoms with Crippen LogP contribution in [0.2, 0.25) is 0 Å². The average Bonchev–Trinajstić information content (AvgIpc) is 3.82. The molecule has 1 amide bonds. The predicted octanol–water partition coefficient (Wildman–Crippen LogP) is 7.45. The maximum absolute atomic E-state index is 14.7. The zero-order chi connectivity index (χ0) is 42.2. The van der Waals surface area contributed by atoms with Crippen LogP contribution in [-0.4, -0.2) is 72.5 Å². The quantitative estimate of drug-likeness (QED) is 0.104. The van der Waals surface area contributed by atoms with Crippen molar-refractivity contribution < 1.29 is 53.3 Å². The Bertz CT molecular complexity index is 2930. The molecule has 0 aliphatic heterocycles. The lowest BCUT2D eigenvalue weighted by atomic mass is 9.96. The van der Waals surface area contributed by atoms with Gasteiger partial charge in [-0.15, -0.1) is 0 Å². The van der Waals surface area contributed by atoms with Crippen molar-refractivity contribution in [1.82, 2.24) is 10.3 Å². The first-order valence-corrected chi connectivity index (χ1v) is 21.3. The molecule has 0 saturated carbocycles. The number of anilines is 1. The lowest BCUT2D eigenvalue weighted by molar-refractivity contribution is 0.0964. The third-order valence-corrected chi connectivity index (χ3v) is 12.0. The Kier molecular flexibility index (Phi) is 11.3. The van der Waals surface area contributed by atoms with E-state index in [-0.39, 0.29) is 73.2 Å². The summed E-state index contributed by atoms with van der Waals surface area (Å²) in [6, 6.07) is 23.3. The number of hydrogen-bond acceptors (Lipinski definition) is 11. The Morgan fingerprint density at radius 3 is 2.27 bits per heavy atom. The van der Waals surface area contributed by atoms with E-state index in [0.29, 0.717) is 11.1 Å². The molecule has 0 aliphatic rings. The number of amides is 1. The summed E-state index contributed by atoms with van der Waals surface area (Å²) in [5, 5.41) is 14.1. The Labute approximate surface area is 338 Å². The number of aromatic nitrogens is 1. The van der Waals surface area contributed by atoms with Crippen LogP contribution >= 0.6 is 0 Å². The van der Waals surface area contributed by atoms with Crippen molar-refractivity contribution in [3.05, 3.63) is 120 Å². The van der Waals surface area contributed by atoms with Crippen LogP contribution in [0.3, 0.4) is 0 Å². The molecule has 7 rings (SSSR count). The summed E-state index contributed by atoms with van der Waals surface area (Å²) in [4.78, 5) is 17.8. The van der Waals surface area contributed by atoms with Gasteiger partial charge in [0.15, 0.2) is 11.4 Å². The number of nitrogens with zero attached hydrogens (tertiary/aromatic N) is 2. The van der Waals surface area contributed by atoms with Gasteiger partial charge in [0.1, 0.15) is 28.4 Å². The van der Waals surface area contributed by atoms with E-state index in [2.05, 4.69) is 10.3 Å². The number of ether oxygens (including phenoxy) is 1. The number of fused-ring (bicyclic) bond motifs is 2. The van der Waals surface area contributed by atoms with E-state index in [1.807, 2.05) is 0 Å². The summed E-state index contributed by atoms with van der Waals surface area (Å²) >= 11 is 0. The highest BCUT2D eigenvalue weighted by atomic mass is 32.2. The molecular formula is C42H37F2N3O10S2. The molecule has 1 unspecified atom stereocenters. The molecule has 2 N–H and O–H groups in total. The van der Waals surface area contributed by atoms with E-state index in [9.17, 15) is 35.5 Å². The maximum Gasteiger partial charge on any atom is 0.296 e. The van der Waals surface area contributed by atoms with Crippen LogP contribution in [0.4, 0.5) is 14.5 Å². The smallest absolute Gasteiger partial charge is 0.296 e. The standard InChI is InChI=1S/C42H37F2N3O10S2/c1-24-8-15-29(16-9-24)59(52,53)55-19-18-28(48)23-47(58(4,50)51)34-22-37-31(38(41(49)45-2)40(56-37)25-10-13-27(43)14-11-25)21-30(34)26-12-17-35(54-3)32(20-26)42-46-39-33(44)6-5-7-36(39)57-42/h5-17,20-22,28,48H,18-19,23H2,1-4H3,(H,45,49). The molecule has 0 saturated heterocycles.